The number of methoxy groups -OCH3 is 1. The van der Waals surface area contributed by atoms with Crippen LogP contribution in [0.3, 0.4) is 0 Å². The molecule has 1 atom stereocenters. The summed E-state index contributed by atoms with van der Waals surface area (Å²) in [5.41, 5.74) is 1.73. The number of nitrogens with zero attached hydrogens (tertiary/aromatic N) is 2. The van der Waals surface area contributed by atoms with E-state index in [1.54, 1.807) is 18.3 Å². The van der Waals surface area contributed by atoms with Crippen LogP contribution in [0, 0.1) is 0 Å². The minimum atomic E-state index is -0.503. The van der Waals surface area contributed by atoms with Gasteiger partial charge in [0, 0.05) is 12.7 Å². The van der Waals surface area contributed by atoms with E-state index < -0.39 is 6.04 Å². The van der Waals surface area contributed by atoms with Gasteiger partial charge in [0.25, 0.3) is 0 Å². The standard InChI is InChI=1S/C15H17N3O4/c1-21-5-6-22-13-4-2-3-11-10(13)8-18(9-16-11)12-7-14(19)17-15(12)20/h2-4,9,12H,5-8H2,1H3,(H,17,19,20). The van der Waals surface area contributed by atoms with Gasteiger partial charge in [-0.25, -0.2) is 4.99 Å². The van der Waals surface area contributed by atoms with E-state index in [-0.39, 0.29) is 18.2 Å². The molecule has 2 amide bonds. The van der Waals surface area contributed by atoms with Gasteiger partial charge in [-0.05, 0) is 12.1 Å². The van der Waals surface area contributed by atoms with Crippen LogP contribution in [0.2, 0.25) is 0 Å². The summed E-state index contributed by atoms with van der Waals surface area (Å²) in [5, 5.41) is 2.32. The number of nitrogens with one attached hydrogen (secondary N) is 1. The van der Waals surface area contributed by atoms with Gasteiger partial charge in [0.2, 0.25) is 11.8 Å². The van der Waals surface area contributed by atoms with Crippen LogP contribution in [0.5, 0.6) is 5.75 Å². The summed E-state index contributed by atoms with van der Waals surface area (Å²) in [5.74, 6) is 0.192. The number of amides is 2. The molecule has 0 aromatic heterocycles. The van der Waals surface area contributed by atoms with Crippen molar-refractivity contribution in [2.45, 2.75) is 19.0 Å². The molecular formula is C15H17N3O4. The fourth-order valence-electron chi connectivity index (χ4n) is 2.56. The Morgan fingerprint density at radius 2 is 2.23 bits per heavy atom. The summed E-state index contributed by atoms with van der Waals surface area (Å²) >= 11 is 0. The lowest BCUT2D eigenvalue weighted by Crippen LogP contribution is -2.40. The summed E-state index contributed by atoms with van der Waals surface area (Å²) in [7, 11) is 1.62. The Hall–Kier alpha value is -2.41. The van der Waals surface area contributed by atoms with E-state index in [1.807, 2.05) is 18.2 Å². The molecule has 1 unspecified atom stereocenters. The molecule has 2 heterocycles. The third-order valence-electron chi connectivity index (χ3n) is 3.68. The molecule has 1 fully saturated rings. The predicted octanol–water partition coefficient (Wildman–Crippen LogP) is 0.602. The number of ether oxygens (including phenoxy) is 2. The minimum Gasteiger partial charge on any atom is -0.491 e. The lowest BCUT2D eigenvalue weighted by molar-refractivity contribution is -0.125. The van der Waals surface area contributed by atoms with Crippen LogP contribution in [-0.2, 0) is 20.9 Å². The zero-order valence-electron chi connectivity index (χ0n) is 12.2. The van der Waals surface area contributed by atoms with Crippen molar-refractivity contribution >= 4 is 23.8 Å². The maximum atomic E-state index is 11.8. The summed E-state index contributed by atoms with van der Waals surface area (Å²) in [6.45, 7) is 1.42. The van der Waals surface area contributed by atoms with Crippen molar-refractivity contribution in [1.29, 1.82) is 0 Å². The Morgan fingerprint density at radius 1 is 1.36 bits per heavy atom. The largest absolute Gasteiger partial charge is 0.491 e. The van der Waals surface area contributed by atoms with E-state index in [2.05, 4.69) is 10.3 Å². The summed E-state index contributed by atoms with van der Waals surface area (Å²) in [4.78, 5) is 29.3. The topological polar surface area (TPSA) is 80.2 Å². The molecule has 2 aliphatic heterocycles. The Bertz CT molecular complexity index is 629. The third-order valence-corrected chi connectivity index (χ3v) is 3.68. The fourth-order valence-corrected chi connectivity index (χ4v) is 2.56. The number of aliphatic imine (C=N–C) groups is 1. The highest BCUT2D eigenvalue weighted by Crippen LogP contribution is 2.33. The summed E-state index contributed by atoms with van der Waals surface area (Å²) in [6.07, 6.45) is 1.77. The molecule has 1 aromatic rings. The van der Waals surface area contributed by atoms with Gasteiger partial charge in [-0.2, -0.15) is 0 Å². The average molecular weight is 303 g/mol. The average Bonchev–Trinajstić information content (AvgIpc) is 2.86. The van der Waals surface area contributed by atoms with E-state index in [0.29, 0.717) is 19.8 Å². The van der Waals surface area contributed by atoms with Gasteiger partial charge in [-0.1, -0.05) is 6.07 Å². The quantitative estimate of drug-likeness (QED) is 0.636. The van der Waals surface area contributed by atoms with Crippen LogP contribution < -0.4 is 10.1 Å². The van der Waals surface area contributed by atoms with Gasteiger partial charge in [-0.3, -0.25) is 14.9 Å². The smallest absolute Gasteiger partial charge is 0.249 e. The molecule has 0 aliphatic carbocycles. The van der Waals surface area contributed by atoms with Crippen LogP contribution in [-0.4, -0.2) is 49.4 Å². The second-order valence-corrected chi connectivity index (χ2v) is 5.14. The molecule has 1 N–H and O–H groups in total. The van der Waals surface area contributed by atoms with Crippen molar-refractivity contribution in [2.24, 2.45) is 4.99 Å². The molecule has 7 nitrogen and oxygen atoms in total. The lowest BCUT2D eigenvalue weighted by Gasteiger charge is -2.28. The van der Waals surface area contributed by atoms with Crippen LogP contribution >= 0.6 is 0 Å². The molecule has 1 aromatic carbocycles. The summed E-state index contributed by atoms with van der Waals surface area (Å²) in [6, 6.07) is 5.13. The highest BCUT2D eigenvalue weighted by atomic mass is 16.5. The number of hydrogen-bond donors (Lipinski definition) is 1. The van der Waals surface area contributed by atoms with Gasteiger partial charge in [0.05, 0.1) is 31.6 Å². The minimum absolute atomic E-state index is 0.160. The van der Waals surface area contributed by atoms with Crippen molar-refractivity contribution in [1.82, 2.24) is 10.2 Å². The van der Waals surface area contributed by atoms with Gasteiger partial charge in [0.15, 0.2) is 0 Å². The molecule has 22 heavy (non-hydrogen) atoms. The number of hydrogen-bond acceptors (Lipinski definition) is 6. The number of carbonyl (C=O) groups is 2. The van der Waals surface area contributed by atoms with E-state index in [9.17, 15) is 9.59 Å². The molecule has 0 saturated carbocycles. The molecular weight excluding hydrogens is 286 g/mol. The van der Waals surface area contributed by atoms with Crippen molar-refractivity contribution in [2.75, 3.05) is 20.3 Å². The number of benzene rings is 1. The van der Waals surface area contributed by atoms with Crippen molar-refractivity contribution in [3.63, 3.8) is 0 Å². The van der Waals surface area contributed by atoms with Crippen molar-refractivity contribution < 1.29 is 19.1 Å². The monoisotopic (exact) mass is 303 g/mol. The molecule has 0 radical (unpaired) electrons. The van der Waals surface area contributed by atoms with E-state index >= 15 is 0 Å². The highest BCUT2D eigenvalue weighted by Gasteiger charge is 2.35. The first-order chi connectivity index (χ1) is 10.7. The van der Waals surface area contributed by atoms with E-state index in [4.69, 9.17) is 9.47 Å². The van der Waals surface area contributed by atoms with Gasteiger partial charge in [-0.15, -0.1) is 0 Å². The Morgan fingerprint density at radius 3 is 2.95 bits per heavy atom. The fraction of sp³-hybridized carbons (Fsp3) is 0.400. The second-order valence-electron chi connectivity index (χ2n) is 5.14. The number of carbonyl (C=O) groups excluding carboxylic acids is 2. The van der Waals surface area contributed by atoms with Gasteiger partial charge in [0.1, 0.15) is 18.4 Å². The first-order valence-electron chi connectivity index (χ1n) is 7.06. The molecule has 2 aliphatic rings. The maximum absolute atomic E-state index is 11.8. The van der Waals surface area contributed by atoms with Crippen LogP contribution in [0.1, 0.15) is 12.0 Å². The number of rotatable bonds is 5. The lowest BCUT2D eigenvalue weighted by atomic mass is 10.1. The Kier molecular flexibility index (Phi) is 4.06. The highest BCUT2D eigenvalue weighted by molar-refractivity contribution is 6.06. The van der Waals surface area contributed by atoms with Gasteiger partial charge < -0.3 is 14.4 Å². The first-order valence-corrected chi connectivity index (χ1v) is 7.06. The van der Waals surface area contributed by atoms with Crippen LogP contribution in [0.25, 0.3) is 0 Å². The molecule has 0 bridgehead atoms. The molecule has 1 saturated heterocycles. The van der Waals surface area contributed by atoms with E-state index in [1.165, 1.54) is 0 Å². The molecule has 3 rings (SSSR count). The zero-order chi connectivity index (χ0) is 15.5. The Balaban J connectivity index is 1.79. The number of fused-ring (bicyclic) bond motifs is 1. The van der Waals surface area contributed by atoms with Gasteiger partial charge >= 0.3 is 0 Å². The maximum Gasteiger partial charge on any atom is 0.249 e. The molecule has 7 heteroatoms. The molecule has 116 valence electrons. The predicted molar refractivity (Wildman–Crippen MR) is 79.1 cm³/mol. The van der Waals surface area contributed by atoms with Crippen molar-refractivity contribution in [3.8, 4) is 5.75 Å². The SMILES string of the molecule is COCCOc1cccc2c1CN(C1CC(=O)NC1=O)C=N2. The second kappa shape index (κ2) is 6.15. The number of imide groups is 1. The van der Waals surface area contributed by atoms with E-state index in [0.717, 1.165) is 17.0 Å². The normalized spacial score (nSPS) is 20.0. The third kappa shape index (κ3) is 2.80. The first kappa shape index (κ1) is 14.5. The Labute approximate surface area is 127 Å². The van der Waals surface area contributed by atoms with Crippen LogP contribution in [0.15, 0.2) is 23.2 Å². The zero-order valence-corrected chi connectivity index (χ0v) is 12.2. The van der Waals surface area contributed by atoms with Crippen LogP contribution in [0.4, 0.5) is 5.69 Å². The molecule has 0 spiro atoms. The summed E-state index contributed by atoms with van der Waals surface area (Å²) < 4.78 is 10.7. The van der Waals surface area contributed by atoms with Crippen molar-refractivity contribution in [3.05, 3.63) is 23.8 Å².